The number of rotatable bonds is 4. The van der Waals surface area contributed by atoms with Crippen molar-refractivity contribution in [1.82, 2.24) is 9.78 Å². The van der Waals surface area contributed by atoms with Crippen molar-refractivity contribution >= 4 is 17.6 Å². The lowest BCUT2D eigenvalue weighted by Gasteiger charge is -2.19. The van der Waals surface area contributed by atoms with E-state index in [4.69, 9.17) is 4.74 Å². The third-order valence-corrected chi connectivity index (χ3v) is 3.83. The van der Waals surface area contributed by atoms with Crippen molar-refractivity contribution < 1.29 is 14.3 Å². The highest BCUT2D eigenvalue weighted by Crippen LogP contribution is 2.18. The van der Waals surface area contributed by atoms with Crippen LogP contribution in [0.3, 0.4) is 0 Å². The van der Waals surface area contributed by atoms with Crippen LogP contribution in [0.1, 0.15) is 47.3 Å². The third-order valence-electron chi connectivity index (χ3n) is 3.83. The lowest BCUT2D eigenvalue weighted by Crippen LogP contribution is -2.25. The average Bonchev–Trinajstić information content (AvgIpc) is 3.07. The molecule has 0 unspecified atom stereocenters. The number of para-hydroxylation sites is 1. The van der Waals surface area contributed by atoms with Crippen LogP contribution < -0.4 is 5.32 Å². The Morgan fingerprint density at radius 1 is 1.00 bits per heavy atom. The van der Waals surface area contributed by atoms with Crippen LogP contribution in [0.5, 0.6) is 0 Å². The molecule has 0 aliphatic heterocycles. The van der Waals surface area contributed by atoms with Gasteiger partial charge in [0.05, 0.1) is 5.69 Å². The van der Waals surface area contributed by atoms with E-state index < -0.39 is 17.5 Å². The molecule has 0 bridgehead atoms. The second kappa shape index (κ2) is 7.68. The molecule has 0 aliphatic carbocycles. The summed E-state index contributed by atoms with van der Waals surface area (Å²) in [6, 6.07) is 18.1. The normalized spacial score (nSPS) is 11.1. The molecule has 3 aromatic rings. The van der Waals surface area contributed by atoms with Crippen LogP contribution in [0.4, 0.5) is 5.69 Å². The van der Waals surface area contributed by atoms with Crippen molar-refractivity contribution in [3.05, 3.63) is 77.6 Å². The van der Waals surface area contributed by atoms with E-state index in [0.717, 1.165) is 5.56 Å². The maximum absolute atomic E-state index is 12.7. The molecule has 1 aromatic heterocycles. The number of nitrogens with zero attached hydrogens (tertiary/aromatic N) is 2. The van der Waals surface area contributed by atoms with Crippen LogP contribution in [0.2, 0.25) is 0 Å². The first-order valence-corrected chi connectivity index (χ1v) is 9.00. The summed E-state index contributed by atoms with van der Waals surface area (Å²) in [5, 5.41) is 7.17. The molecule has 0 spiro atoms. The van der Waals surface area contributed by atoms with Gasteiger partial charge in [-0.3, -0.25) is 4.79 Å². The summed E-state index contributed by atoms with van der Waals surface area (Å²) in [4.78, 5) is 25.4. The molecule has 28 heavy (non-hydrogen) atoms. The Bertz CT molecular complexity index is 1000. The highest BCUT2D eigenvalue weighted by molar-refractivity contribution is 6.04. The molecule has 0 saturated heterocycles. The van der Waals surface area contributed by atoms with E-state index in [1.165, 1.54) is 10.7 Å². The summed E-state index contributed by atoms with van der Waals surface area (Å²) >= 11 is 0. The van der Waals surface area contributed by atoms with Gasteiger partial charge in [-0.2, -0.15) is 5.10 Å². The molecule has 1 heterocycles. The van der Waals surface area contributed by atoms with Gasteiger partial charge in [0, 0.05) is 11.8 Å². The first-order valence-electron chi connectivity index (χ1n) is 9.00. The van der Waals surface area contributed by atoms with Gasteiger partial charge in [0.2, 0.25) is 0 Å². The first-order chi connectivity index (χ1) is 13.2. The molecular weight excluding hydrogens is 354 g/mol. The van der Waals surface area contributed by atoms with Gasteiger partial charge < -0.3 is 10.1 Å². The Kier molecular flexibility index (Phi) is 5.31. The first kappa shape index (κ1) is 19.4. The molecule has 0 fully saturated rings. The van der Waals surface area contributed by atoms with Crippen molar-refractivity contribution in [2.75, 3.05) is 5.32 Å². The maximum Gasteiger partial charge on any atom is 0.357 e. The average molecular weight is 377 g/mol. The van der Waals surface area contributed by atoms with Crippen molar-refractivity contribution in [3.63, 3.8) is 0 Å². The zero-order valence-electron chi connectivity index (χ0n) is 16.4. The van der Waals surface area contributed by atoms with Crippen molar-refractivity contribution in [2.24, 2.45) is 0 Å². The largest absolute Gasteiger partial charge is 0.455 e. The Labute approximate surface area is 164 Å². The van der Waals surface area contributed by atoms with E-state index >= 15 is 0 Å². The number of aryl methyl sites for hydroxylation is 1. The third kappa shape index (κ3) is 4.65. The highest BCUT2D eigenvalue weighted by atomic mass is 16.6. The van der Waals surface area contributed by atoms with Gasteiger partial charge in [-0.05, 0) is 57.5 Å². The number of benzene rings is 2. The van der Waals surface area contributed by atoms with Crippen LogP contribution in [0.15, 0.2) is 60.7 Å². The fourth-order valence-corrected chi connectivity index (χ4v) is 2.65. The fourth-order valence-electron chi connectivity index (χ4n) is 2.65. The number of carbonyl (C=O) groups excluding carboxylic acids is 2. The quantitative estimate of drug-likeness (QED) is 0.685. The Hall–Kier alpha value is -3.41. The number of hydrogen-bond acceptors (Lipinski definition) is 4. The Morgan fingerprint density at radius 2 is 1.71 bits per heavy atom. The zero-order chi connectivity index (χ0) is 20.3. The second-order valence-electron chi connectivity index (χ2n) is 7.49. The number of aromatic nitrogens is 2. The number of amides is 1. The van der Waals surface area contributed by atoms with Crippen molar-refractivity contribution in [1.29, 1.82) is 0 Å². The van der Waals surface area contributed by atoms with E-state index in [2.05, 4.69) is 10.4 Å². The number of nitrogens with one attached hydrogen (secondary N) is 1. The smallest absolute Gasteiger partial charge is 0.357 e. The van der Waals surface area contributed by atoms with Gasteiger partial charge in [-0.1, -0.05) is 30.3 Å². The molecule has 1 N–H and O–H groups in total. The van der Waals surface area contributed by atoms with Gasteiger partial charge in [0.1, 0.15) is 5.60 Å². The van der Waals surface area contributed by atoms with E-state index in [1.807, 2.05) is 55.5 Å². The van der Waals surface area contributed by atoms with Crippen LogP contribution in [-0.4, -0.2) is 27.3 Å². The van der Waals surface area contributed by atoms with E-state index in [9.17, 15) is 9.59 Å². The minimum Gasteiger partial charge on any atom is -0.455 e. The molecule has 3 rings (SSSR count). The molecule has 0 atom stereocenters. The molecule has 6 nitrogen and oxygen atoms in total. The molecule has 2 aromatic carbocycles. The van der Waals surface area contributed by atoms with Crippen LogP contribution in [0, 0.1) is 6.92 Å². The number of hydrogen-bond donors (Lipinski definition) is 1. The standard InChI is InChI=1S/C22H23N3O3/c1-15-9-8-10-16(13-15)23-20(26)18-14-19(21(27)28-22(2,3)4)25(24-18)17-11-6-5-7-12-17/h5-14H,1-4H3,(H,23,26). The lowest BCUT2D eigenvalue weighted by molar-refractivity contribution is 0.00593. The van der Waals surface area contributed by atoms with Gasteiger partial charge in [0.15, 0.2) is 11.4 Å². The van der Waals surface area contributed by atoms with Crippen LogP contribution in [0.25, 0.3) is 5.69 Å². The number of esters is 1. The van der Waals surface area contributed by atoms with E-state index in [1.54, 1.807) is 26.8 Å². The van der Waals surface area contributed by atoms with Gasteiger partial charge in [-0.25, -0.2) is 9.48 Å². The monoisotopic (exact) mass is 377 g/mol. The summed E-state index contributed by atoms with van der Waals surface area (Å²) in [5.41, 5.74) is 2.02. The molecule has 144 valence electrons. The zero-order valence-corrected chi connectivity index (χ0v) is 16.4. The molecule has 0 radical (unpaired) electrons. The molecular formula is C22H23N3O3. The number of ether oxygens (including phenoxy) is 1. The van der Waals surface area contributed by atoms with Crippen molar-refractivity contribution in [2.45, 2.75) is 33.3 Å². The minimum atomic E-state index is -0.660. The van der Waals surface area contributed by atoms with E-state index in [-0.39, 0.29) is 11.4 Å². The predicted molar refractivity (Wildman–Crippen MR) is 108 cm³/mol. The number of carbonyl (C=O) groups is 2. The lowest BCUT2D eigenvalue weighted by atomic mass is 10.2. The van der Waals surface area contributed by atoms with E-state index in [0.29, 0.717) is 11.4 Å². The summed E-state index contributed by atoms with van der Waals surface area (Å²) in [6.45, 7) is 7.32. The minimum absolute atomic E-state index is 0.131. The summed E-state index contributed by atoms with van der Waals surface area (Å²) in [5.74, 6) is -0.941. The predicted octanol–water partition coefficient (Wildman–Crippen LogP) is 4.39. The SMILES string of the molecule is Cc1cccc(NC(=O)c2cc(C(=O)OC(C)(C)C)n(-c3ccccc3)n2)c1. The van der Waals surface area contributed by atoms with Crippen LogP contribution in [-0.2, 0) is 4.74 Å². The van der Waals surface area contributed by atoms with Gasteiger partial charge >= 0.3 is 5.97 Å². The second-order valence-corrected chi connectivity index (χ2v) is 7.49. The van der Waals surface area contributed by atoms with Gasteiger partial charge in [0.25, 0.3) is 5.91 Å². The fraction of sp³-hybridized carbons (Fsp3) is 0.227. The topological polar surface area (TPSA) is 73.2 Å². The summed E-state index contributed by atoms with van der Waals surface area (Å²) < 4.78 is 6.91. The van der Waals surface area contributed by atoms with Crippen LogP contribution >= 0.6 is 0 Å². The summed E-state index contributed by atoms with van der Waals surface area (Å²) in [7, 11) is 0. The van der Waals surface area contributed by atoms with Gasteiger partial charge in [-0.15, -0.1) is 0 Å². The maximum atomic E-state index is 12.7. The molecule has 0 aliphatic rings. The molecule has 6 heteroatoms. The Morgan fingerprint density at radius 3 is 2.36 bits per heavy atom. The molecule has 1 amide bonds. The van der Waals surface area contributed by atoms with Crippen molar-refractivity contribution in [3.8, 4) is 5.69 Å². The molecule has 0 saturated carbocycles. The summed E-state index contributed by atoms with van der Waals surface area (Å²) in [6.07, 6.45) is 0. The number of anilines is 1. The highest BCUT2D eigenvalue weighted by Gasteiger charge is 2.25. The Balaban J connectivity index is 1.96.